The fraction of sp³-hybridized carbons (Fsp3) is 0.923. The van der Waals surface area contributed by atoms with Crippen LogP contribution in [0, 0.1) is 0 Å². The van der Waals surface area contributed by atoms with E-state index in [9.17, 15) is 4.79 Å². The summed E-state index contributed by atoms with van der Waals surface area (Å²) in [6.45, 7) is 4.49. The summed E-state index contributed by atoms with van der Waals surface area (Å²) in [5.41, 5.74) is -0.258. The summed E-state index contributed by atoms with van der Waals surface area (Å²) in [7, 11) is 1.66. The first-order chi connectivity index (χ1) is 8.69. The van der Waals surface area contributed by atoms with Crippen molar-refractivity contribution in [3.8, 4) is 0 Å². The monoisotopic (exact) mass is 256 g/mol. The van der Waals surface area contributed by atoms with E-state index in [0.717, 1.165) is 25.7 Å². The quantitative estimate of drug-likeness (QED) is 0.712. The fourth-order valence-electron chi connectivity index (χ4n) is 3.03. The van der Waals surface area contributed by atoms with E-state index in [2.05, 4.69) is 12.2 Å². The molecule has 1 N–H and O–H groups in total. The van der Waals surface area contributed by atoms with Crippen LogP contribution in [0.4, 0.5) is 0 Å². The van der Waals surface area contributed by atoms with Gasteiger partial charge >= 0.3 is 0 Å². The molecule has 1 unspecified atom stereocenters. The number of nitrogens with one attached hydrogen (secondary N) is 1. The molecular formula is C13H24N2O3. The first kappa shape index (κ1) is 13.8. The van der Waals surface area contributed by atoms with Crippen molar-refractivity contribution in [1.29, 1.82) is 0 Å². The zero-order valence-corrected chi connectivity index (χ0v) is 11.4. The second-order valence-electron chi connectivity index (χ2n) is 5.21. The molecule has 1 amide bonds. The maximum Gasteiger partial charge on any atom is 0.244 e. The number of methoxy groups -OCH3 is 1. The Morgan fingerprint density at radius 2 is 2.06 bits per heavy atom. The minimum atomic E-state index is -0.258. The minimum Gasteiger partial charge on any atom is -0.382 e. The Hall–Kier alpha value is -0.650. The van der Waals surface area contributed by atoms with Crippen LogP contribution in [0.25, 0.3) is 0 Å². The average molecular weight is 256 g/mol. The van der Waals surface area contributed by atoms with Gasteiger partial charge in [-0.05, 0) is 19.8 Å². The molecule has 18 heavy (non-hydrogen) atoms. The van der Waals surface area contributed by atoms with Crippen LogP contribution in [0.5, 0.6) is 0 Å². The molecule has 0 aromatic carbocycles. The van der Waals surface area contributed by atoms with Crippen molar-refractivity contribution in [2.45, 2.75) is 44.3 Å². The molecule has 0 bridgehead atoms. The van der Waals surface area contributed by atoms with Gasteiger partial charge in [-0.15, -0.1) is 0 Å². The maximum atomic E-state index is 12.4. The molecular weight excluding hydrogens is 232 g/mol. The Morgan fingerprint density at radius 1 is 1.33 bits per heavy atom. The molecule has 1 saturated carbocycles. The van der Waals surface area contributed by atoms with E-state index in [1.54, 1.807) is 7.11 Å². The fourth-order valence-corrected chi connectivity index (χ4v) is 3.03. The number of rotatable bonds is 6. The lowest BCUT2D eigenvalue weighted by molar-refractivity contribution is -0.133. The number of nitrogens with zero attached hydrogens (tertiary/aromatic N) is 1. The zero-order valence-electron chi connectivity index (χ0n) is 11.4. The first-order valence-electron chi connectivity index (χ1n) is 6.85. The largest absolute Gasteiger partial charge is 0.382 e. The van der Waals surface area contributed by atoms with Gasteiger partial charge < -0.3 is 14.4 Å². The third kappa shape index (κ3) is 2.68. The average Bonchev–Trinajstić information content (AvgIpc) is 2.90. The highest BCUT2D eigenvalue weighted by molar-refractivity contribution is 5.89. The molecule has 1 aliphatic carbocycles. The summed E-state index contributed by atoms with van der Waals surface area (Å²) in [5.74, 6) is 0.267. The van der Waals surface area contributed by atoms with Gasteiger partial charge in [-0.3, -0.25) is 10.1 Å². The molecule has 1 atom stereocenters. The normalized spacial score (nSPS) is 26.4. The first-order valence-corrected chi connectivity index (χ1v) is 6.85. The maximum absolute atomic E-state index is 12.4. The summed E-state index contributed by atoms with van der Waals surface area (Å²) in [4.78, 5) is 14.4. The predicted molar refractivity (Wildman–Crippen MR) is 68.2 cm³/mol. The van der Waals surface area contributed by atoms with Crippen molar-refractivity contribution >= 4 is 5.91 Å². The van der Waals surface area contributed by atoms with E-state index in [4.69, 9.17) is 9.47 Å². The summed E-state index contributed by atoms with van der Waals surface area (Å²) in [6.07, 6.45) is 4.41. The van der Waals surface area contributed by atoms with Crippen LogP contribution in [0.15, 0.2) is 0 Å². The Labute approximate surface area is 109 Å². The van der Waals surface area contributed by atoms with Crippen LogP contribution in [-0.2, 0) is 14.3 Å². The van der Waals surface area contributed by atoms with Crippen LogP contribution < -0.4 is 5.32 Å². The molecule has 0 aromatic heterocycles. The summed E-state index contributed by atoms with van der Waals surface area (Å²) < 4.78 is 10.4. The van der Waals surface area contributed by atoms with Crippen molar-refractivity contribution in [3.05, 3.63) is 0 Å². The van der Waals surface area contributed by atoms with Crippen LogP contribution in [0.2, 0.25) is 0 Å². The van der Waals surface area contributed by atoms with Crippen molar-refractivity contribution in [3.63, 3.8) is 0 Å². The van der Waals surface area contributed by atoms with Gasteiger partial charge in [0.2, 0.25) is 5.91 Å². The van der Waals surface area contributed by atoms with Gasteiger partial charge in [0, 0.05) is 13.7 Å². The third-order valence-electron chi connectivity index (χ3n) is 3.99. The summed E-state index contributed by atoms with van der Waals surface area (Å²) in [6, 6.07) is 0. The van der Waals surface area contributed by atoms with Crippen LogP contribution in [-0.4, -0.2) is 56.0 Å². The number of amides is 1. The molecule has 1 spiro atoms. The molecule has 1 heterocycles. The summed E-state index contributed by atoms with van der Waals surface area (Å²) >= 11 is 0. The van der Waals surface area contributed by atoms with Crippen molar-refractivity contribution in [2.75, 3.05) is 33.5 Å². The van der Waals surface area contributed by atoms with Gasteiger partial charge in [0.25, 0.3) is 0 Å². The molecule has 1 saturated heterocycles. The molecule has 2 aliphatic rings. The summed E-state index contributed by atoms with van der Waals surface area (Å²) in [5, 5.41) is 3.48. The lowest BCUT2D eigenvalue weighted by atomic mass is 9.98. The lowest BCUT2D eigenvalue weighted by Crippen LogP contribution is -2.44. The van der Waals surface area contributed by atoms with E-state index in [-0.39, 0.29) is 17.6 Å². The number of hydrogen-bond donors (Lipinski definition) is 1. The van der Waals surface area contributed by atoms with Gasteiger partial charge in [-0.1, -0.05) is 12.8 Å². The second kappa shape index (κ2) is 5.99. The van der Waals surface area contributed by atoms with E-state index >= 15 is 0 Å². The smallest absolute Gasteiger partial charge is 0.244 e. The molecule has 5 heteroatoms. The van der Waals surface area contributed by atoms with E-state index in [1.807, 2.05) is 4.90 Å². The van der Waals surface area contributed by atoms with Crippen LogP contribution >= 0.6 is 0 Å². The van der Waals surface area contributed by atoms with Gasteiger partial charge in [-0.2, -0.15) is 0 Å². The highest BCUT2D eigenvalue weighted by Gasteiger charge is 2.50. The lowest BCUT2D eigenvalue weighted by Gasteiger charge is -2.22. The van der Waals surface area contributed by atoms with Crippen molar-refractivity contribution in [1.82, 2.24) is 10.2 Å². The molecule has 2 rings (SSSR count). The van der Waals surface area contributed by atoms with E-state index < -0.39 is 0 Å². The van der Waals surface area contributed by atoms with Crippen molar-refractivity contribution in [2.24, 2.45) is 0 Å². The molecule has 0 radical (unpaired) electrons. The number of carbonyl (C=O) groups is 1. The van der Waals surface area contributed by atoms with Crippen LogP contribution in [0.3, 0.4) is 0 Å². The van der Waals surface area contributed by atoms with Gasteiger partial charge in [0.1, 0.15) is 0 Å². The molecule has 1 aliphatic heterocycles. The van der Waals surface area contributed by atoms with E-state index in [0.29, 0.717) is 26.4 Å². The van der Waals surface area contributed by atoms with Crippen molar-refractivity contribution < 1.29 is 14.3 Å². The zero-order chi connectivity index (χ0) is 13.0. The standard InChI is InChI=1S/C13H24N2O3/c1-11-14-13(5-3-4-6-13)12(16)15(11)7-8-18-10-9-17-2/h11,14H,3-10H2,1-2H3. The van der Waals surface area contributed by atoms with Gasteiger partial charge in [-0.25, -0.2) is 0 Å². The molecule has 104 valence electrons. The molecule has 5 nitrogen and oxygen atoms in total. The number of ether oxygens (including phenoxy) is 2. The third-order valence-corrected chi connectivity index (χ3v) is 3.99. The van der Waals surface area contributed by atoms with E-state index in [1.165, 1.54) is 0 Å². The Morgan fingerprint density at radius 3 is 2.72 bits per heavy atom. The topological polar surface area (TPSA) is 50.8 Å². The number of hydrogen-bond acceptors (Lipinski definition) is 4. The number of carbonyl (C=O) groups excluding carboxylic acids is 1. The van der Waals surface area contributed by atoms with Gasteiger partial charge in [0.05, 0.1) is 31.5 Å². The molecule has 2 fully saturated rings. The Bertz CT molecular complexity index is 290. The van der Waals surface area contributed by atoms with Gasteiger partial charge in [0.15, 0.2) is 0 Å². The Balaban J connectivity index is 1.80. The Kier molecular flexibility index (Phi) is 4.59. The minimum absolute atomic E-state index is 0.127. The SMILES string of the molecule is COCCOCCN1C(=O)C2(CCCC2)NC1C. The van der Waals surface area contributed by atoms with Crippen LogP contribution in [0.1, 0.15) is 32.6 Å². The predicted octanol–water partition coefficient (Wildman–Crippen LogP) is 0.740. The highest BCUT2D eigenvalue weighted by Crippen LogP contribution is 2.36. The second-order valence-corrected chi connectivity index (χ2v) is 5.21. The highest BCUT2D eigenvalue weighted by atomic mass is 16.5. The molecule has 0 aromatic rings.